The molecule has 0 radical (unpaired) electrons. The predicted octanol–water partition coefficient (Wildman–Crippen LogP) is 3.89. The molecule has 1 saturated carbocycles. The smallest absolute Gasteiger partial charge is 0.262 e. The number of nitrogens with one attached hydrogen (secondary N) is 1. The average molecular weight is 429 g/mol. The Bertz CT molecular complexity index is 1050. The molecule has 0 unspecified atom stereocenters. The van der Waals surface area contributed by atoms with Crippen LogP contribution >= 0.6 is 0 Å². The minimum absolute atomic E-state index is 0.0667. The second kappa shape index (κ2) is 8.40. The predicted molar refractivity (Wildman–Crippen MR) is 116 cm³/mol. The number of ether oxygens (including phenoxy) is 1. The maximum Gasteiger partial charge on any atom is 0.262 e. The zero-order valence-electron chi connectivity index (χ0n) is 17.4. The van der Waals surface area contributed by atoms with Gasteiger partial charge in [0.2, 0.25) is 0 Å². The van der Waals surface area contributed by atoms with Gasteiger partial charge >= 0.3 is 0 Å². The van der Waals surface area contributed by atoms with E-state index >= 15 is 0 Å². The van der Waals surface area contributed by atoms with Crippen molar-refractivity contribution in [2.24, 2.45) is 0 Å². The van der Waals surface area contributed by atoms with E-state index in [4.69, 9.17) is 4.74 Å². The van der Waals surface area contributed by atoms with Gasteiger partial charge in [-0.25, -0.2) is 8.42 Å². The van der Waals surface area contributed by atoms with Gasteiger partial charge in [-0.15, -0.1) is 0 Å². The number of amides is 1. The number of carbonyl (C=O) groups is 1. The quantitative estimate of drug-likeness (QED) is 0.802. The summed E-state index contributed by atoms with van der Waals surface area (Å²) < 4.78 is 34.4. The SMILES string of the molecule is Cc1ccc(C)c(S(=O)(=O)Nc2cccc(C(=O)N3CCO[C@@H]4CCCC[C@H]43)c2)c1. The fraction of sp³-hybridized carbons (Fsp3) is 0.435. The Labute approximate surface area is 178 Å². The number of aryl methyl sites for hydroxylation is 2. The highest BCUT2D eigenvalue weighted by molar-refractivity contribution is 7.92. The molecular formula is C23H28N2O4S. The Morgan fingerprint density at radius 3 is 2.73 bits per heavy atom. The summed E-state index contributed by atoms with van der Waals surface area (Å²) in [6.07, 6.45) is 4.30. The van der Waals surface area contributed by atoms with Gasteiger partial charge in [0, 0.05) is 17.8 Å². The summed E-state index contributed by atoms with van der Waals surface area (Å²) in [4.78, 5) is 15.4. The van der Waals surface area contributed by atoms with Crippen molar-refractivity contribution < 1.29 is 17.9 Å². The van der Waals surface area contributed by atoms with Crippen molar-refractivity contribution in [1.82, 2.24) is 4.90 Å². The van der Waals surface area contributed by atoms with E-state index in [0.717, 1.165) is 31.2 Å². The molecule has 2 atom stereocenters. The molecule has 1 saturated heterocycles. The third kappa shape index (κ3) is 4.23. The first-order valence-electron chi connectivity index (χ1n) is 10.5. The minimum Gasteiger partial charge on any atom is -0.374 e. The Balaban J connectivity index is 1.56. The Kier molecular flexibility index (Phi) is 5.84. The summed E-state index contributed by atoms with van der Waals surface area (Å²) in [6, 6.07) is 12.2. The van der Waals surface area contributed by atoms with E-state index in [0.29, 0.717) is 30.0 Å². The number of morpholine rings is 1. The summed E-state index contributed by atoms with van der Waals surface area (Å²) in [5.41, 5.74) is 2.42. The molecular weight excluding hydrogens is 400 g/mol. The van der Waals surface area contributed by atoms with Crippen molar-refractivity contribution in [3.05, 3.63) is 59.2 Å². The van der Waals surface area contributed by atoms with Crippen LogP contribution in [-0.4, -0.2) is 44.5 Å². The van der Waals surface area contributed by atoms with Gasteiger partial charge in [-0.1, -0.05) is 31.0 Å². The molecule has 2 aromatic rings. The van der Waals surface area contributed by atoms with Crippen molar-refractivity contribution >= 4 is 21.6 Å². The van der Waals surface area contributed by atoms with Crippen LogP contribution in [0.25, 0.3) is 0 Å². The molecule has 7 heteroatoms. The second-order valence-corrected chi connectivity index (χ2v) is 9.87. The molecule has 30 heavy (non-hydrogen) atoms. The first-order valence-corrected chi connectivity index (χ1v) is 12.0. The van der Waals surface area contributed by atoms with Gasteiger partial charge in [-0.3, -0.25) is 9.52 Å². The molecule has 2 fully saturated rings. The van der Waals surface area contributed by atoms with Crippen LogP contribution in [0.4, 0.5) is 5.69 Å². The summed E-state index contributed by atoms with van der Waals surface area (Å²) in [6.45, 7) is 4.75. The molecule has 160 valence electrons. The molecule has 1 aliphatic heterocycles. The van der Waals surface area contributed by atoms with E-state index in [-0.39, 0.29) is 22.9 Å². The highest BCUT2D eigenvalue weighted by atomic mass is 32.2. The van der Waals surface area contributed by atoms with E-state index in [1.165, 1.54) is 0 Å². The van der Waals surface area contributed by atoms with Crippen LogP contribution in [0.1, 0.15) is 47.2 Å². The fourth-order valence-electron chi connectivity index (χ4n) is 4.44. The number of fused-ring (bicyclic) bond motifs is 1. The largest absolute Gasteiger partial charge is 0.374 e. The zero-order valence-corrected chi connectivity index (χ0v) is 18.2. The Morgan fingerprint density at radius 1 is 1.10 bits per heavy atom. The standard InChI is InChI=1S/C23H28N2O4S/c1-16-10-11-17(2)22(14-16)30(27,28)24-19-7-5-6-18(15-19)23(26)25-12-13-29-21-9-4-3-8-20(21)25/h5-7,10-11,14-15,20-21,24H,3-4,8-9,12-13H2,1-2H3/t20-,21-/m1/s1. The second-order valence-electron chi connectivity index (χ2n) is 8.21. The van der Waals surface area contributed by atoms with Crippen LogP contribution in [-0.2, 0) is 14.8 Å². The number of rotatable bonds is 4. The van der Waals surface area contributed by atoms with Gasteiger partial charge < -0.3 is 9.64 Å². The molecule has 4 rings (SSSR count). The lowest BCUT2D eigenvalue weighted by Crippen LogP contribution is -2.54. The molecule has 0 aromatic heterocycles. The highest BCUT2D eigenvalue weighted by Crippen LogP contribution is 2.30. The number of anilines is 1. The Morgan fingerprint density at radius 2 is 1.90 bits per heavy atom. The molecule has 1 aliphatic carbocycles. The fourth-order valence-corrected chi connectivity index (χ4v) is 5.82. The number of hydrogen-bond donors (Lipinski definition) is 1. The lowest BCUT2D eigenvalue weighted by atomic mass is 9.89. The van der Waals surface area contributed by atoms with Crippen LogP contribution in [0.15, 0.2) is 47.4 Å². The van der Waals surface area contributed by atoms with Gasteiger partial charge in [0.05, 0.1) is 23.6 Å². The van der Waals surface area contributed by atoms with Gasteiger partial charge in [-0.05, 0) is 62.1 Å². The molecule has 0 bridgehead atoms. The van der Waals surface area contributed by atoms with E-state index in [1.54, 1.807) is 43.3 Å². The summed E-state index contributed by atoms with van der Waals surface area (Å²) in [7, 11) is -3.75. The molecule has 2 aliphatic rings. The molecule has 1 amide bonds. The lowest BCUT2D eigenvalue weighted by molar-refractivity contribution is -0.0752. The normalized spacial score (nSPS) is 21.7. The van der Waals surface area contributed by atoms with Crippen molar-refractivity contribution in [3.8, 4) is 0 Å². The Hall–Kier alpha value is -2.38. The first kappa shape index (κ1) is 20.9. The summed E-state index contributed by atoms with van der Waals surface area (Å²) in [5.74, 6) is -0.0667. The third-order valence-corrected chi connectivity index (χ3v) is 7.51. The van der Waals surface area contributed by atoms with E-state index in [1.807, 2.05) is 17.9 Å². The molecule has 1 heterocycles. The van der Waals surface area contributed by atoms with Crippen LogP contribution in [0.2, 0.25) is 0 Å². The summed E-state index contributed by atoms with van der Waals surface area (Å²) in [5, 5.41) is 0. The van der Waals surface area contributed by atoms with E-state index in [9.17, 15) is 13.2 Å². The van der Waals surface area contributed by atoms with Crippen LogP contribution < -0.4 is 4.72 Å². The molecule has 2 aromatic carbocycles. The third-order valence-electron chi connectivity index (χ3n) is 5.99. The number of hydrogen-bond acceptors (Lipinski definition) is 4. The molecule has 6 nitrogen and oxygen atoms in total. The van der Waals surface area contributed by atoms with Crippen LogP contribution in [0.3, 0.4) is 0 Å². The van der Waals surface area contributed by atoms with E-state index in [2.05, 4.69) is 4.72 Å². The lowest BCUT2D eigenvalue weighted by Gasteiger charge is -2.43. The van der Waals surface area contributed by atoms with Crippen LogP contribution in [0.5, 0.6) is 0 Å². The minimum atomic E-state index is -3.75. The zero-order chi connectivity index (χ0) is 21.3. The average Bonchev–Trinajstić information content (AvgIpc) is 2.74. The van der Waals surface area contributed by atoms with Crippen molar-refractivity contribution in [1.29, 1.82) is 0 Å². The first-order chi connectivity index (χ1) is 14.3. The maximum absolute atomic E-state index is 13.2. The summed E-state index contributed by atoms with van der Waals surface area (Å²) >= 11 is 0. The number of sulfonamides is 1. The highest BCUT2D eigenvalue weighted by Gasteiger charge is 2.37. The number of benzene rings is 2. The van der Waals surface area contributed by atoms with Crippen molar-refractivity contribution in [2.45, 2.75) is 56.6 Å². The molecule has 0 spiro atoms. The van der Waals surface area contributed by atoms with Crippen LogP contribution in [0, 0.1) is 13.8 Å². The van der Waals surface area contributed by atoms with Gasteiger partial charge in [0.1, 0.15) is 0 Å². The number of carbonyl (C=O) groups excluding carboxylic acids is 1. The van der Waals surface area contributed by atoms with Crippen molar-refractivity contribution in [3.63, 3.8) is 0 Å². The van der Waals surface area contributed by atoms with Crippen molar-refractivity contribution in [2.75, 3.05) is 17.9 Å². The maximum atomic E-state index is 13.2. The van der Waals surface area contributed by atoms with Gasteiger partial charge in [0.25, 0.3) is 15.9 Å². The topological polar surface area (TPSA) is 75.7 Å². The van der Waals surface area contributed by atoms with Gasteiger partial charge in [-0.2, -0.15) is 0 Å². The van der Waals surface area contributed by atoms with Gasteiger partial charge in [0.15, 0.2) is 0 Å². The van der Waals surface area contributed by atoms with E-state index < -0.39 is 10.0 Å². The number of nitrogens with zero attached hydrogens (tertiary/aromatic N) is 1. The molecule has 1 N–H and O–H groups in total. The monoisotopic (exact) mass is 428 g/mol.